The second-order valence-electron chi connectivity index (χ2n) is 5.71. The largest absolute Gasteiger partial charge is 0.352 e. The van der Waals surface area contributed by atoms with Gasteiger partial charge >= 0.3 is 0 Å². The molecule has 2 aliphatic rings. The Kier molecular flexibility index (Phi) is 4.43. The van der Waals surface area contributed by atoms with Gasteiger partial charge in [0.05, 0.1) is 0 Å². The Balaban J connectivity index is 1.90. The summed E-state index contributed by atoms with van der Waals surface area (Å²) in [5.74, 6) is 0.325. The van der Waals surface area contributed by atoms with E-state index >= 15 is 0 Å². The molecule has 1 aliphatic heterocycles. The van der Waals surface area contributed by atoms with Crippen LogP contribution in [0.3, 0.4) is 0 Å². The highest BCUT2D eigenvalue weighted by Gasteiger charge is 2.39. The molecule has 1 unspecified atom stereocenters. The normalized spacial score (nSPS) is 28.6. The molecule has 3 nitrogen and oxygen atoms in total. The van der Waals surface area contributed by atoms with Crippen LogP contribution in [0.5, 0.6) is 0 Å². The molecule has 0 aromatic carbocycles. The summed E-state index contributed by atoms with van der Waals surface area (Å²) in [6.45, 7) is 4.22. The lowest BCUT2D eigenvalue weighted by Gasteiger charge is -2.29. The second kappa shape index (κ2) is 5.85. The van der Waals surface area contributed by atoms with Gasteiger partial charge in [-0.3, -0.25) is 4.79 Å². The predicted octanol–water partition coefficient (Wildman–Crippen LogP) is 2.22. The van der Waals surface area contributed by atoms with E-state index in [0.717, 1.165) is 38.8 Å². The van der Waals surface area contributed by atoms with Gasteiger partial charge in [-0.05, 0) is 38.6 Å². The fourth-order valence-electron chi connectivity index (χ4n) is 3.27. The number of nitrogens with one attached hydrogen (secondary N) is 2. The van der Waals surface area contributed by atoms with E-state index in [4.69, 9.17) is 0 Å². The van der Waals surface area contributed by atoms with Gasteiger partial charge in [0, 0.05) is 18.0 Å². The Morgan fingerprint density at radius 2 is 2.06 bits per heavy atom. The summed E-state index contributed by atoms with van der Waals surface area (Å²) in [4.78, 5) is 12.4. The third kappa shape index (κ3) is 3.01. The lowest BCUT2D eigenvalue weighted by Crippen LogP contribution is -2.47. The molecule has 0 radical (unpaired) electrons. The molecule has 1 saturated heterocycles. The predicted molar refractivity (Wildman–Crippen MR) is 69.8 cm³/mol. The first-order valence-corrected chi connectivity index (χ1v) is 7.28. The van der Waals surface area contributed by atoms with Crippen molar-refractivity contribution < 1.29 is 4.79 Å². The zero-order chi connectivity index (χ0) is 12.1. The number of carbonyl (C=O) groups is 1. The van der Waals surface area contributed by atoms with Gasteiger partial charge < -0.3 is 10.6 Å². The quantitative estimate of drug-likeness (QED) is 0.791. The maximum absolute atomic E-state index is 12.4. The van der Waals surface area contributed by atoms with Crippen molar-refractivity contribution in [3.05, 3.63) is 0 Å². The number of hydrogen-bond donors (Lipinski definition) is 2. The molecule has 0 aromatic rings. The molecular weight excluding hydrogens is 212 g/mol. The van der Waals surface area contributed by atoms with Crippen LogP contribution in [0.15, 0.2) is 0 Å². The smallest absolute Gasteiger partial charge is 0.226 e. The molecule has 98 valence electrons. The first kappa shape index (κ1) is 12.9. The molecule has 17 heavy (non-hydrogen) atoms. The fourth-order valence-corrected chi connectivity index (χ4v) is 3.27. The molecule has 1 aliphatic carbocycles. The molecule has 0 aromatic heterocycles. The van der Waals surface area contributed by atoms with Crippen molar-refractivity contribution in [1.29, 1.82) is 0 Å². The zero-order valence-electron chi connectivity index (χ0n) is 11.1. The van der Waals surface area contributed by atoms with Crippen LogP contribution in [0.4, 0.5) is 0 Å². The standard InChI is InChI=1S/C14H26N2O/c1-2-14(8-4-5-9-14)13(17)16-12-7-3-6-10-15-11-12/h12,15H,2-11H2,1H3,(H,16,17). The van der Waals surface area contributed by atoms with E-state index in [1.54, 1.807) is 0 Å². The first-order chi connectivity index (χ1) is 8.27. The molecule has 2 rings (SSSR count). The molecule has 2 fully saturated rings. The van der Waals surface area contributed by atoms with Crippen molar-refractivity contribution in [1.82, 2.24) is 10.6 Å². The van der Waals surface area contributed by atoms with Crippen LogP contribution in [0.1, 0.15) is 58.3 Å². The van der Waals surface area contributed by atoms with Gasteiger partial charge in [0.15, 0.2) is 0 Å². The topological polar surface area (TPSA) is 41.1 Å². The molecule has 0 spiro atoms. The highest BCUT2D eigenvalue weighted by atomic mass is 16.2. The second-order valence-corrected chi connectivity index (χ2v) is 5.71. The van der Waals surface area contributed by atoms with Crippen LogP contribution in [0.25, 0.3) is 0 Å². The average Bonchev–Trinajstić information content (AvgIpc) is 2.70. The molecule has 0 bridgehead atoms. The Bertz CT molecular complexity index is 251. The summed E-state index contributed by atoms with van der Waals surface area (Å²) < 4.78 is 0. The minimum atomic E-state index is -0.0354. The van der Waals surface area contributed by atoms with Crippen molar-refractivity contribution in [2.45, 2.75) is 64.3 Å². The van der Waals surface area contributed by atoms with Gasteiger partial charge in [-0.15, -0.1) is 0 Å². The van der Waals surface area contributed by atoms with Crippen molar-refractivity contribution >= 4 is 5.91 Å². The maximum Gasteiger partial charge on any atom is 0.226 e. The third-order valence-corrected chi connectivity index (χ3v) is 4.60. The van der Waals surface area contributed by atoms with Crippen molar-refractivity contribution in [3.63, 3.8) is 0 Å². The van der Waals surface area contributed by atoms with Crippen molar-refractivity contribution in [2.24, 2.45) is 5.41 Å². The van der Waals surface area contributed by atoms with Crippen LogP contribution in [-0.4, -0.2) is 25.0 Å². The van der Waals surface area contributed by atoms with Crippen LogP contribution < -0.4 is 10.6 Å². The van der Waals surface area contributed by atoms with E-state index in [2.05, 4.69) is 17.6 Å². The SMILES string of the molecule is CCC1(C(=O)NC2CCCCNC2)CCCC1. The Labute approximate surface area is 105 Å². The van der Waals surface area contributed by atoms with Gasteiger partial charge in [0.2, 0.25) is 5.91 Å². The van der Waals surface area contributed by atoms with Gasteiger partial charge in [0.25, 0.3) is 0 Å². The molecule has 3 heteroatoms. The summed E-state index contributed by atoms with van der Waals surface area (Å²) in [5.41, 5.74) is -0.0354. The maximum atomic E-state index is 12.4. The van der Waals surface area contributed by atoms with Crippen molar-refractivity contribution in [3.8, 4) is 0 Å². The van der Waals surface area contributed by atoms with Crippen LogP contribution >= 0.6 is 0 Å². The monoisotopic (exact) mass is 238 g/mol. The van der Waals surface area contributed by atoms with Gasteiger partial charge in [-0.25, -0.2) is 0 Å². The number of rotatable bonds is 3. The van der Waals surface area contributed by atoms with Crippen LogP contribution in [0, 0.1) is 5.41 Å². The van der Waals surface area contributed by atoms with Gasteiger partial charge in [-0.2, -0.15) is 0 Å². The highest BCUT2D eigenvalue weighted by Crippen LogP contribution is 2.41. The van der Waals surface area contributed by atoms with E-state index < -0.39 is 0 Å². The molecular formula is C14H26N2O. The molecule has 1 saturated carbocycles. The minimum Gasteiger partial charge on any atom is -0.352 e. The number of carbonyl (C=O) groups excluding carboxylic acids is 1. The molecule has 1 atom stereocenters. The molecule has 1 heterocycles. The van der Waals surface area contributed by atoms with E-state index in [0.29, 0.717) is 11.9 Å². The summed E-state index contributed by atoms with van der Waals surface area (Å²) in [6.07, 6.45) is 9.25. The highest BCUT2D eigenvalue weighted by molar-refractivity contribution is 5.83. The van der Waals surface area contributed by atoms with Crippen LogP contribution in [0.2, 0.25) is 0 Å². The van der Waals surface area contributed by atoms with Gasteiger partial charge in [0.1, 0.15) is 0 Å². The minimum absolute atomic E-state index is 0.0354. The average molecular weight is 238 g/mol. The lowest BCUT2D eigenvalue weighted by molar-refractivity contribution is -0.131. The van der Waals surface area contributed by atoms with E-state index in [-0.39, 0.29) is 5.41 Å². The van der Waals surface area contributed by atoms with E-state index in [1.807, 2.05) is 0 Å². The molecule has 2 N–H and O–H groups in total. The Morgan fingerprint density at radius 3 is 2.76 bits per heavy atom. The van der Waals surface area contributed by atoms with Crippen LogP contribution in [-0.2, 0) is 4.79 Å². The summed E-state index contributed by atoms with van der Waals surface area (Å²) in [7, 11) is 0. The Hall–Kier alpha value is -0.570. The first-order valence-electron chi connectivity index (χ1n) is 7.28. The summed E-state index contributed by atoms with van der Waals surface area (Å²) >= 11 is 0. The third-order valence-electron chi connectivity index (χ3n) is 4.60. The van der Waals surface area contributed by atoms with E-state index in [9.17, 15) is 4.79 Å². The summed E-state index contributed by atoms with van der Waals surface area (Å²) in [5, 5.41) is 6.70. The number of amides is 1. The number of hydrogen-bond acceptors (Lipinski definition) is 2. The van der Waals surface area contributed by atoms with Gasteiger partial charge in [-0.1, -0.05) is 26.2 Å². The Morgan fingerprint density at radius 1 is 1.29 bits per heavy atom. The van der Waals surface area contributed by atoms with E-state index in [1.165, 1.54) is 25.7 Å². The fraction of sp³-hybridized carbons (Fsp3) is 0.929. The lowest BCUT2D eigenvalue weighted by atomic mass is 9.82. The summed E-state index contributed by atoms with van der Waals surface area (Å²) in [6, 6.07) is 0.356. The van der Waals surface area contributed by atoms with Crippen molar-refractivity contribution in [2.75, 3.05) is 13.1 Å². The zero-order valence-corrected chi connectivity index (χ0v) is 11.1. The molecule has 1 amide bonds.